The molecular weight excluding hydrogens is 314 g/mol. The Bertz CT molecular complexity index is 769. The van der Waals surface area contributed by atoms with Crippen LogP contribution in [0.15, 0.2) is 30.5 Å². The number of aryl methyl sites for hydroxylation is 2. The van der Waals surface area contributed by atoms with Crippen molar-refractivity contribution in [3.63, 3.8) is 0 Å². The summed E-state index contributed by atoms with van der Waals surface area (Å²) in [6.07, 6.45) is 1.97. The molecule has 1 aromatic heterocycles. The number of nitrogens with one attached hydrogen (secondary N) is 1. The van der Waals surface area contributed by atoms with Crippen molar-refractivity contribution < 1.29 is 4.79 Å². The molecule has 3 rings (SSSR count). The number of hydrogen-bond acceptors (Lipinski definition) is 3. The second-order valence-electron chi connectivity index (χ2n) is 7.00. The van der Waals surface area contributed by atoms with E-state index in [2.05, 4.69) is 41.4 Å². The summed E-state index contributed by atoms with van der Waals surface area (Å²) in [6.45, 7) is 7.50. The van der Waals surface area contributed by atoms with E-state index >= 15 is 0 Å². The molecule has 6 nitrogen and oxygen atoms in total. The van der Waals surface area contributed by atoms with Gasteiger partial charge in [-0.3, -0.25) is 4.68 Å². The molecule has 0 saturated heterocycles. The van der Waals surface area contributed by atoms with Crippen LogP contribution in [0.4, 0.5) is 10.5 Å². The molecule has 25 heavy (non-hydrogen) atoms. The van der Waals surface area contributed by atoms with Gasteiger partial charge in [0.05, 0.1) is 11.7 Å². The summed E-state index contributed by atoms with van der Waals surface area (Å²) in [4.78, 5) is 17.1. The third-order valence-electron chi connectivity index (χ3n) is 4.93. The summed E-state index contributed by atoms with van der Waals surface area (Å²) in [6, 6.07) is 8.30. The zero-order valence-electron chi connectivity index (χ0n) is 15.7. The molecule has 0 radical (unpaired) electrons. The van der Waals surface area contributed by atoms with E-state index in [1.54, 1.807) is 4.68 Å². The standard InChI is InChI=1S/C19H27N5O/c1-13-10-22(4)18-9-7-6-8-16(18)11-24(13)19(25)20-14(2)17-12-23(5)21-15(17)3/h6-9,12-14H,10-11H2,1-5H3,(H,20,25). The second-order valence-corrected chi connectivity index (χ2v) is 7.00. The van der Waals surface area contributed by atoms with Crippen LogP contribution in [-0.4, -0.2) is 40.3 Å². The molecule has 0 spiro atoms. The summed E-state index contributed by atoms with van der Waals surface area (Å²) in [5.74, 6) is 0. The molecule has 0 saturated carbocycles. The van der Waals surface area contributed by atoms with Crippen molar-refractivity contribution in [1.29, 1.82) is 0 Å². The molecule has 2 atom stereocenters. The van der Waals surface area contributed by atoms with Gasteiger partial charge in [-0.1, -0.05) is 18.2 Å². The highest BCUT2D eigenvalue weighted by Gasteiger charge is 2.28. The smallest absolute Gasteiger partial charge is 0.318 e. The maximum atomic E-state index is 12.9. The van der Waals surface area contributed by atoms with E-state index in [9.17, 15) is 4.79 Å². The molecule has 1 N–H and O–H groups in total. The number of benzene rings is 1. The Balaban J connectivity index is 1.78. The van der Waals surface area contributed by atoms with E-state index in [0.717, 1.165) is 17.8 Å². The van der Waals surface area contributed by atoms with Crippen LogP contribution < -0.4 is 10.2 Å². The van der Waals surface area contributed by atoms with Crippen LogP contribution in [-0.2, 0) is 13.6 Å². The van der Waals surface area contributed by atoms with Crippen molar-refractivity contribution in [2.24, 2.45) is 7.05 Å². The van der Waals surface area contributed by atoms with E-state index in [0.29, 0.717) is 6.54 Å². The second kappa shape index (κ2) is 6.78. The van der Waals surface area contributed by atoms with Gasteiger partial charge in [0.25, 0.3) is 0 Å². The van der Waals surface area contributed by atoms with Crippen molar-refractivity contribution in [3.8, 4) is 0 Å². The van der Waals surface area contributed by atoms with Crippen LogP contribution in [0.5, 0.6) is 0 Å². The van der Waals surface area contributed by atoms with Crippen molar-refractivity contribution >= 4 is 11.7 Å². The summed E-state index contributed by atoms with van der Waals surface area (Å²) in [7, 11) is 3.98. The molecule has 1 aliphatic rings. The van der Waals surface area contributed by atoms with Gasteiger partial charge in [-0.2, -0.15) is 5.10 Å². The number of carbonyl (C=O) groups excluding carboxylic acids is 1. The number of rotatable bonds is 2. The van der Waals surface area contributed by atoms with Gasteiger partial charge in [0, 0.05) is 50.7 Å². The zero-order valence-corrected chi connectivity index (χ0v) is 15.7. The average molecular weight is 341 g/mol. The lowest BCUT2D eigenvalue weighted by atomic mass is 10.1. The number of hydrogen-bond donors (Lipinski definition) is 1. The fourth-order valence-electron chi connectivity index (χ4n) is 3.61. The van der Waals surface area contributed by atoms with Crippen LogP contribution in [0.3, 0.4) is 0 Å². The monoisotopic (exact) mass is 341 g/mol. The first-order valence-electron chi connectivity index (χ1n) is 8.73. The highest BCUT2D eigenvalue weighted by Crippen LogP contribution is 2.26. The average Bonchev–Trinajstić information content (AvgIpc) is 2.84. The maximum absolute atomic E-state index is 12.9. The summed E-state index contributed by atoms with van der Waals surface area (Å²) >= 11 is 0. The van der Waals surface area contributed by atoms with Crippen molar-refractivity contribution in [3.05, 3.63) is 47.3 Å². The van der Waals surface area contributed by atoms with E-state index < -0.39 is 0 Å². The predicted molar refractivity (Wildman–Crippen MR) is 99.6 cm³/mol. The van der Waals surface area contributed by atoms with Crippen LogP contribution in [0, 0.1) is 6.92 Å². The maximum Gasteiger partial charge on any atom is 0.318 e. The molecule has 1 aliphatic heterocycles. The van der Waals surface area contributed by atoms with Crippen LogP contribution in [0.2, 0.25) is 0 Å². The van der Waals surface area contributed by atoms with E-state index in [-0.39, 0.29) is 18.1 Å². The third kappa shape index (κ3) is 3.48. The number of likely N-dealkylation sites (N-methyl/N-ethyl adjacent to an activating group) is 1. The molecule has 0 fully saturated rings. The lowest BCUT2D eigenvalue weighted by Gasteiger charge is -2.30. The quantitative estimate of drug-likeness (QED) is 0.914. The molecule has 0 aliphatic carbocycles. The number of urea groups is 1. The minimum Gasteiger partial charge on any atom is -0.372 e. The number of para-hydroxylation sites is 1. The highest BCUT2D eigenvalue weighted by atomic mass is 16.2. The van der Waals surface area contributed by atoms with E-state index in [1.165, 1.54) is 11.3 Å². The van der Waals surface area contributed by atoms with Crippen LogP contribution >= 0.6 is 0 Å². The predicted octanol–water partition coefficient (Wildman–Crippen LogP) is 2.84. The van der Waals surface area contributed by atoms with Gasteiger partial charge in [0.2, 0.25) is 0 Å². The molecule has 2 heterocycles. The molecule has 134 valence electrons. The van der Waals surface area contributed by atoms with Crippen molar-refractivity contribution in [1.82, 2.24) is 20.0 Å². The van der Waals surface area contributed by atoms with E-state index in [4.69, 9.17) is 0 Å². The number of fused-ring (bicyclic) bond motifs is 1. The Morgan fingerprint density at radius 1 is 1.32 bits per heavy atom. The lowest BCUT2D eigenvalue weighted by Crippen LogP contribution is -2.47. The Labute approximate surface area is 149 Å². The van der Waals surface area contributed by atoms with Crippen molar-refractivity contribution in [2.75, 3.05) is 18.5 Å². The highest BCUT2D eigenvalue weighted by molar-refractivity contribution is 5.76. The fourth-order valence-corrected chi connectivity index (χ4v) is 3.61. The first kappa shape index (κ1) is 17.3. The van der Waals surface area contributed by atoms with Gasteiger partial charge in [-0.05, 0) is 32.4 Å². The molecule has 2 unspecified atom stereocenters. The molecule has 6 heteroatoms. The zero-order chi connectivity index (χ0) is 18.1. The number of nitrogens with zero attached hydrogens (tertiary/aromatic N) is 4. The van der Waals surface area contributed by atoms with E-state index in [1.807, 2.05) is 44.1 Å². The van der Waals surface area contributed by atoms with Gasteiger partial charge < -0.3 is 15.1 Å². The molecular formula is C19H27N5O. The Hall–Kier alpha value is -2.50. The molecule has 2 amide bonds. The third-order valence-corrected chi connectivity index (χ3v) is 4.93. The summed E-state index contributed by atoms with van der Waals surface area (Å²) in [5, 5.41) is 7.51. The first-order valence-corrected chi connectivity index (χ1v) is 8.73. The normalized spacial score (nSPS) is 18.5. The Morgan fingerprint density at radius 3 is 2.72 bits per heavy atom. The largest absolute Gasteiger partial charge is 0.372 e. The van der Waals surface area contributed by atoms with Crippen LogP contribution in [0.1, 0.15) is 36.7 Å². The van der Waals surface area contributed by atoms with Crippen LogP contribution in [0.25, 0.3) is 0 Å². The fraction of sp³-hybridized carbons (Fsp3) is 0.474. The number of anilines is 1. The first-order chi connectivity index (χ1) is 11.9. The Kier molecular flexibility index (Phi) is 4.70. The minimum absolute atomic E-state index is 0.0339. The van der Waals surface area contributed by atoms with Gasteiger partial charge in [0.1, 0.15) is 0 Å². The SMILES string of the molecule is Cc1nn(C)cc1C(C)NC(=O)N1Cc2ccccc2N(C)CC1C. The lowest BCUT2D eigenvalue weighted by molar-refractivity contribution is 0.175. The topological polar surface area (TPSA) is 53.4 Å². The summed E-state index contributed by atoms with van der Waals surface area (Å²) < 4.78 is 1.78. The van der Waals surface area contributed by atoms with Crippen molar-refractivity contribution in [2.45, 2.75) is 39.4 Å². The van der Waals surface area contributed by atoms with Gasteiger partial charge >= 0.3 is 6.03 Å². The number of carbonyl (C=O) groups is 1. The number of amides is 2. The van der Waals surface area contributed by atoms with Gasteiger partial charge in [0.15, 0.2) is 0 Å². The van der Waals surface area contributed by atoms with Gasteiger partial charge in [-0.15, -0.1) is 0 Å². The number of aromatic nitrogens is 2. The molecule has 1 aromatic carbocycles. The van der Waals surface area contributed by atoms with Gasteiger partial charge in [-0.25, -0.2) is 4.79 Å². The molecule has 2 aromatic rings. The molecule has 0 bridgehead atoms. The Morgan fingerprint density at radius 2 is 2.04 bits per heavy atom. The summed E-state index contributed by atoms with van der Waals surface area (Å²) in [5.41, 5.74) is 4.37. The minimum atomic E-state index is -0.0790.